The molecule has 1 aliphatic rings. The van der Waals surface area contributed by atoms with Gasteiger partial charge in [0.25, 0.3) is 5.91 Å². The monoisotopic (exact) mass is 644 g/mol. The van der Waals surface area contributed by atoms with E-state index in [-0.39, 0.29) is 48.9 Å². The maximum atomic E-state index is 13.7. The van der Waals surface area contributed by atoms with Crippen LogP contribution in [0.2, 0.25) is 0 Å². The quantitative estimate of drug-likeness (QED) is 0.113. The molecule has 0 aliphatic heterocycles. The summed E-state index contributed by atoms with van der Waals surface area (Å²) in [6.07, 6.45) is 10.8. The Morgan fingerprint density at radius 1 is 0.787 bits per heavy atom. The van der Waals surface area contributed by atoms with E-state index in [9.17, 15) is 24.3 Å². The number of nitrogens with one attached hydrogen (secondary N) is 3. The number of carboxylic acid groups (broad SMARTS) is 1. The summed E-state index contributed by atoms with van der Waals surface area (Å²) >= 11 is 0. The predicted molar refractivity (Wildman–Crippen MR) is 180 cm³/mol. The number of carboxylic acids is 1. The molecular weight excluding hydrogens is 596 g/mol. The Morgan fingerprint density at radius 2 is 1.38 bits per heavy atom. The number of aromatic nitrogens is 1. The summed E-state index contributed by atoms with van der Waals surface area (Å²) in [7, 11) is 0. The Bertz CT molecular complexity index is 1440. The second-order valence-corrected chi connectivity index (χ2v) is 12.3. The minimum Gasteiger partial charge on any atom is -0.480 e. The molecule has 4 N–H and O–H groups in total. The first kappa shape index (κ1) is 35.4. The van der Waals surface area contributed by atoms with Crippen molar-refractivity contribution in [2.75, 3.05) is 0 Å². The normalized spacial score (nSPS) is 16.6. The van der Waals surface area contributed by atoms with Gasteiger partial charge in [0.2, 0.25) is 17.7 Å². The topological polar surface area (TPSA) is 151 Å². The van der Waals surface area contributed by atoms with Crippen LogP contribution in [-0.4, -0.2) is 51.9 Å². The highest BCUT2D eigenvalue weighted by Crippen LogP contribution is 2.30. The predicted octanol–water partition coefficient (Wildman–Crippen LogP) is 6.66. The fourth-order valence-electron chi connectivity index (χ4n) is 6.00. The first-order valence-electron chi connectivity index (χ1n) is 17.1. The van der Waals surface area contributed by atoms with Crippen molar-refractivity contribution in [2.45, 2.75) is 115 Å². The molecule has 10 heteroatoms. The van der Waals surface area contributed by atoms with Crippen LogP contribution >= 0.6 is 0 Å². The van der Waals surface area contributed by atoms with Gasteiger partial charge < -0.3 is 25.5 Å². The van der Waals surface area contributed by atoms with Crippen LogP contribution in [0.3, 0.4) is 0 Å². The number of benzene rings is 2. The van der Waals surface area contributed by atoms with Crippen LogP contribution in [0, 0.1) is 0 Å². The van der Waals surface area contributed by atoms with E-state index in [0.717, 1.165) is 43.2 Å². The number of unbranched alkanes of at least 4 members (excludes halogenated alkanes) is 6. The minimum absolute atomic E-state index is 0.0185. The van der Waals surface area contributed by atoms with Crippen molar-refractivity contribution in [3.05, 3.63) is 66.4 Å². The summed E-state index contributed by atoms with van der Waals surface area (Å²) in [6.45, 7) is 2.17. The van der Waals surface area contributed by atoms with Gasteiger partial charge in [-0.05, 0) is 37.8 Å². The van der Waals surface area contributed by atoms with Gasteiger partial charge in [0.05, 0.1) is 0 Å². The van der Waals surface area contributed by atoms with Gasteiger partial charge in [-0.2, -0.15) is 0 Å². The van der Waals surface area contributed by atoms with Gasteiger partial charge in [-0.3, -0.25) is 14.4 Å². The molecule has 1 heterocycles. The number of rotatable bonds is 18. The van der Waals surface area contributed by atoms with Crippen molar-refractivity contribution in [2.24, 2.45) is 0 Å². The van der Waals surface area contributed by atoms with E-state index in [1.54, 1.807) is 0 Å². The molecule has 2 aromatic carbocycles. The van der Waals surface area contributed by atoms with Gasteiger partial charge in [-0.25, -0.2) is 9.78 Å². The number of aliphatic carboxylic acids is 1. The van der Waals surface area contributed by atoms with Crippen LogP contribution in [0.5, 0.6) is 0 Å². The molecule has 0 spiro atoms. The number of hydrogen-bond acceptors (Lipinski definition) is 6. The van der Waals surface area contributed by atoms with Crippen LogP contribution in [0.4, 0.5) is 0 Å². The third-order valence-corrected chi connectivity index (χ3v) is 8.63. The van der Waals surface area contributed by atoms with Gasteiger partial charge >= 0.3 is 5.97 Å². The van der Waals surface area contributed by atoms with Crippen LogP contribution in [0.15, 0.2) is 65.1 Å². The first-order chi connectivity index (χ1) is 22.9. The van der Waals surface area contributed by atoms with E-state index in [0.29, 0.717) is 30.9 Å². The highest BCUT2D eigenvalue weighted by Gasteiger charge is 2.31. The van der Waals surface area contributed by atoms with Gasteiger partial charge in [-0.15, -0.1) is 0 Å². The van der Waals surface area contributed by atoms with Crippen molar-refractivity contribution in [3.63, 3.8) is 0 Å². The maximum Gasteiger partial charge on any atom is 0.326 e. The number of carbonyl (C=O) groups is 4. The standard InChI is InChI=1S/C37H48N4O6/c1-2-3-4-5-6-7-14-23-31(42)39-30(37(45)46)24-25-32(43)38-28-21-15-16-22-29(28)40-35(44)33-34(26-17-10-8-11-18-26)47-36(41-33)27-19-12-9-13-20-27/h8-13,17-20,28-30H,2-7,14-16,21-25H2,1H3,(H,38,43)(H,39,42)(H,40,44)(H,45,46)/t28-,29+,30?/m1/s1. The molecule has 1 aliphatic carbocycles. The van der Waals surface area contributed by atoms with Gasteiger partial charge in [0.15, 0.2) is 11.5 Å². The Hall–Kier alpha value is -4.47. The van der Waals surface area contributed by atoms with Crippen molar-refractivity contribution < 1.29 is 28.7 Å². The molecule has 47 heavy (non-hydrogen) atoms. The smallest absolute Gasteiger partial charge is 0.326 e. The van der Waals surface area contributed by atoms with Crippen LogP contribution in [-0.2, 0) is 14.4 Å². The van der Waals surface area contributed by atoms with E-state index in [1.807, 2.05) is 60.7 Å². The Kier molecular flexibility index (Phi) is 14.0. The van der Waals surface area contributed by atoms with Crippen molar-refractivity contribution >= 4 is 23.7 Å². The lowest BCUT2D eigenvalue weighted by Gasteiger charge is -2.32. The van der Waals surface area contributed by atoms with E-state index in [4.69, 9.17) is 4.42 Å². The van der Waals surface area contributed by atoms with Gasteiger partial charge in [-0.1, -0.05) is 107 Å². The first-order valence-corrected chi connectivity index (χ1v) is 17.1. The highest BCUT2D eigenvalue weighted by molar-refractivity contribution is 5.98. The molecule has 3 atom stereocenters. The number of nitrogens with zero attached hydrogens (tertiary/aromatic N) is 1. The molecule has 1 unspecified atom stereocenters. The zero-order valence-electron chi connectivity index (χ0n) is 27.3. The van der Waals surface area contributed by atoms with E-state index >= 15 is 0 Å². The third-order valence-electron chi connectivity index (χ3n) is 8.63. The van der Waals surface area contributed by atoms with E-state index in [1.165, 1.54) is 19.3 Å². The molecule has 0 saturated heterocycles. The summed E-state index contributed by atoms with van der Waals surface area (Å²) in [6, 6.07) is 16.9. The molecule has 4 rings (SSSR count). The van der Waals surface area contributed by atoms with Crippen LogP contribution in [0.1, 0.15) is 107 Å². The molecule has 0 bridgehead atoms. The Morgan fingerprint density at radius 3 is 2.02 bits per heavy atom. The highest BCUT2D eigenvalue weighted by atomic mass is 16.4. The lowest BCUT2D eigenvalue weighted by Crippen LogP contribution is -2.53. The second-order valence-electron chi connectivity index (χ2n) is 12.3. The number of amides is 3. The molecule has 252 valence electrons. The molecule has 10 nitrogen and oxygen atoms in total. The Balaban J connectivity index is 1.32. The number of carbonyl (C=O) groups excluding carboxylic acids is 3. The van der Waals surface area contributed by atoms with E-state index < -0.39 is 17.9 Å². The molecule has 0 radical (unpaired) electrons. The molecule has 1 saturated carbocycles. The summed E-state index contributed by atoms with van der Waals surface area (Å²) < 4.78 is 6.12. The minimum atomic E-state index is -1.16. The fraction of sp³-hybridized carbons (Fsp3) is 0.486. The Labute approximate surface area is 277 Å². The van der Waals surface area contributed by atoms with Crippen molar-refractivity contribution in [3.8, 4) is 22.8 Å². The van der Waals surface area contributed by atoms with E-state index in [2.05, 4.69) is 27.9 Å². The van der Waals surface area contributed by atoms with Crippen molar-refractivity contribution in [1.82, 2.24) is 20.9 Å². The zero-order valence-corrected chi connectivity index (χ0v) is 27.3. The van der Waals surface area contributed by atoms with Crippen LogP contribution in [0.25, 0.3) is 22.8 Å². The summed E-state index contributed by atoms with van der Waals surface area (Å²) in [5, 5.41) is 18.3. The van der Waals surface area contributed by atoms with Gasteiger partial charge in [0, 0.05) is 36.1 Å². The van der Waals surface area contributed by atoms with Gasteiger partial charge in [0.1, 0.15) is 6.04 Å². The molecular formula is C37H48N4O6. The lowest BCUT2D eigenvalue weighted by molar-refractivity contribution is -0.142. The largest absolute Gasteiger partial charge is 0.480 e. The number of oxazole rings is 1. The molecule has 3 aromatic rings. The molecule has 3 amide bonds. The zero-order chi connectivity index (χ0) is 33.4. The summed E-state index contributed by atoms with van der Waals surface area (Å²) in [5.74, 6) is -1.47. The average Bonchev–Trinajstić information content (AvgIpc) is 3.54. The van der Waals surface area contributed by atoms with Crippen molar-refractivity contribution in [1.29, 1.82) is 0 Å². The molecule has 1 aromatic heterocycles. The maximum absolute atomic E-state index is 13.7. The SMILES string of the molecule is CCCCCCCCCC(=O)NC(CCC(=O)N[C@@H]1CCCC[C@@H]1NC(=O)c1nc(-c2ccccc2)oc1-c1ccccc1)C(=O)O. The summed E-state index contributed by atoms with van der Waals surface area (Å²) in [5.41, 5.74) is 1.64. The average molecular weight is 645 g/mol. The fourth-order valence-corrected chi connectivity index (χ4v) is 6.00. The second kappa shape index (κ2) is 18.6. The lowest BCUT2D eigenvalue weighted by atomic mass is 9.90. The van der Waals surface area contributed by atoms with Crippen LogP contribution < -0.4 is 16.0 Å². The molecule has 1 fully saturated rings. The number of hydrogen-bond donors (Lipinski definition) is 4. The summed E-state index contributed by atoms with van der Waals surface area (Å²) in [4.78, 5) is 55.5. The third kappa shape index (κ3) is 11.1.